The van der Waals surface area contributed by atoms with Crippen LogP contribution in [0.3, 0.4) is 0 Å². The minimum Gasteiger partial charge on any atom is -0.496 e. The maximum Gasteiger partial charge on any atom is 0.277 e. The molecule has 20 heavy (non-hydrogen) atoms. The highest BCUT2D eigenvalue weighted by Gasteiger charge is 2.14. The lowest BCUT2D eigenvalue weighted by Crippen LogP contribution is -2.34. The number of rotatable bonds is 3. The van der Waals surface area contributed by atoms with Gasteiger partial charge in [-0.05, 0) is 24.3 Å². The third kappa shape index (κ3) is 2.63. The normalized spacial score (nSPS) is 10.2. The Labute approximate surface area is 118 Å². The van der Waals surface area contributed by atoms with Gasteiger partial charge in [0.25, 0.3) is 11.5 Å². The molecule has 2 rings (SSSR count). The van der Waals surface area contributed by atoms with Gasteiger partial charge >= 0.3 is 0 Å². The number of hydrazine groups is 1. The fourth-order valence-corrected chi connectivity index (χ4v) is 1.84. The molecule has 0 atom stereocenters. The van der Waals surface area contributed by atoms with Crippen molar-refractivity contribution in [3.8, 4) is 17.0 Å². The summed E-state index contributed by atoms with van der Waals surface area (Å²) in [6.45, 7) is 0. The minimum absolute atomic E-state index is 0.153. The molecule has 0 saturated heterocycles. The molecule has 0 fully saturated rings. The predicted molar refractivity (Wildman–Crippen MR) is 73.5 cm³/mol. The number of halogens is 1. The van der Waals surface area contributed by atoms with E-state index in [0.29, 0.717) is 22.0 Å². The number of nitrogens with one attached hydrogen (secondary N) is 2. The summed E-state index contributed by atoms with van der Waals surface area (Å²) >= 11 is 5.93. The molecule has 1 aromatic heterocycles. The molecule has 2 aromatic rings. The Morgan fingerprint density at radius 2 is 2.20 bits per heavy atom. The second-order valence-corrected chi connectivity index (χ2v) is 4.25. The smallest absolute Gasteiger partial charge is 0.277 e. The van der Waals surface area contributed by atoms with Crippen molar-refractivity contribution in [2.45, 2.75) is 0 Å². The van der Waals surface area contributed by atoms with Gasteiger partial charge in [0.2, 0.25) is 0 Å². The second-order valence-electron chi connectivity index (χ2n) is 3.81. The van der Waals surface area contributed by atoms with Gasteiger partial charge in [-0.1, -0.05) is 11.6 Å². The van der Waals surface area contributed by atoms with Gasteiger partial charge in [0, 0.05) is 10.6 Å². The van der Waals surface area contributed by atoms with E-state index in [1.807, 2.05) is 5.43 Å². The van der Waals surface area contributed by atoms with Gasteiger partial charge in [-0.25, -0.2) is 10.9 Å². The monoisotopic (exact) mass is 294 g/mol. The quantitative estimate of drug-likeness (QED) is 0.438. The highest BCUT2D eigenvalue weighted by atomic mass is 35.5. The summed E-state index contributed by atoms with van der Waals surface area (Å²) in [5.41, 5.74) is 1.98. The standard InChI is InChI=1S/C12H11ClN4O3/c1-20-10-3-2-6(13)4-7(10)9-5-8(11(18)15-14)12(19)17-16-9/h2-5H,14H2,1H3,(H,15,18)(H,17,19). The number of benzene rings is 1. The van der Waals surface area contributed by atoms with Gasteiger partial charge in [-0.3, -0.25) is 15.0 Å². The molecule has 0 unspecified atom stereocenters. The van der Waals surface area contributed by atoms with Gasteiger partial charge in [0.05, 0.1) is 12.8 Å². The van der Waals surface area contributed by atoms with Crippen molar-refractivity contribution in [1.29, 1.82) is 0 Å². The summed E-state index contributed by atoms with van der Waals surface area (Å²) in [7, 11) is 1.49. The first kappa shape index (κ1) is 14.0. The Balaban J connectivity index is 2.62. The number of hydrogen-bond acceptors (Lipinski definition) is 5. The molecule has 8 heteroatoms. The maximum absolute atomic E-state index is 11.5. The molecule has 0 aliphatic carbocycles. The molecule has 0 aliphatic rings. The van der Waals surface area contributed by atoms with Crippen molar-refractivity contribution in [3.05, 3.63) is 45.2 Å². The molecule has 4 N–H and O–H groups in total. The van der Waals surface area contributed by atoms with Crippen molar-refractivity contribution >= 4 is 17.5 Å². The summed E-state index contributed by atoms with van der Waals surface area (Å²) < 4.78 is 5.20. The minimum atomic E-state index is -0.712. The highest BCUT2D eigenvalue weighted by molar-refractivity contribution is 6.31. The van der Waals surface area contributed by atoms with Crippen LogP contribution in [0.1, 0.15) is 10.4 Å². The number of amides is 1. The third-order valence-corrected chi connectivity index (χ3v) is 2.85. The average Bonchev–Trinajstić information content (AvgIpc) is 2.47. The number of carbonyl (C=O) groups excluding carboxylic acids is 1. The largest absolute Gasteiger partial charge is 0.496 e. The number of nitrogens with zero attached hydrogens (tertiary/aromatic N) is 1. The molecule has 0 spiro atoms. The second kappa shape index (κ2) is 5.72. The van der Waals surface area contributed by atoms with Crippen molar-refractivity contribution < 1.29 is 9.53 Å². The van der Waals surface area contributed by atoms with Crippen LogP contribution in [0.25, 0.3) is 11.3 Å². The molecular formula is C12H11ClN4O3. The first-order valence-corrected chi connectivity index (χ1v) is 5.89. The maximum atomic E-state index is 11.5. The zero-order valence-electron chi connectivity index (χ0n) is 10.4. The number of H-pyrrole nitrogens is 1. The number of hydrogen-bond donors (Lipinski definition) is 3. The van der Waals surface area contributed by atoms with E-state index in [4.69, 9.17) is 22.2 Å². The molecule has 0 saturated carbocycles. The summed E-state index contributed by atoms with van der Waals surface area (Å²) in [5.74, 6) is 4.82. The topological polar surface area (TPSA) is 110 Å². The number of nitrogen functional groups attached to an aromatic ring is 1. The number of methoxy groups -OCH3 is 1. The van der Waals surface area contributed by atoms with E-state index in [1.165, 1.54) is 13.2 Å². The van der Waals surface area contributed by atoms with Crippen LogP contribution in [0, 0.1) is 0 Å². The molecule has 0 radical (unpaired) electrons. The first-order valence-electron chi connectivity index (χ1n) is 5.51. The molecule has 1 aromatic carbocycles. The number of nitrogens with two attached hydrogens (primary N) is 1. The molecule has 0 aliphatic heterocycles. The van der Waals surface area contributed by atoms with Gasteiger partial charge < -0.3 is 4.74 Å². The Bertz CT molecular complexity index is 714. The average molecular weight is 295 g/mol. The van der Waals surface area contributed by atoms with E-state index in [-0.39, 0.29) is 5.56 Å². The number of aromatic amines is 1. The van der Waals surface area contributed by atoms with E-state index >= 15 is 0 Å². The lowest BCUT2D eigenvalue weighted by Gasteiger charge is -2.08. The Kier molecular flexibility index (Phi) is 4.02. The lowest BCUT2D eigenvalue weighted by molar-refractivity contribution is 0.0952. The SMILES string of the molecule is COc1ccc(Cl)cc1-c1cc(C(=O)NN)c(=O)[nH]n1. The zero-order valence-corrected chi connectivity index (χ0v) is 11.2. The molecular weight excluding hydrogens is 284 g/mol. The van der Waals surface area contributed by atoms with Gasteiger partial charge in [0.15, 0.2) is 0 Å². The van der Waals surface area contributed by atoms with Crippen LogP contribution in [0.2, 0.25) is 5.02 Å². The van der Waals surface area contributed by atoms with E-state index in [0.717, 1.165) is 0 Å². The molecule has 104 valence electrons. The fraction of sp³-hybridized carbons (Fsp3) is 0.0833. The zero-order chi connectivity index (χ0) is 14.7. The Hall–Kier alpha value is -2.38. The Morgan fingerprint density at radius 3 is 2.85 bits per heavy atom. The summed E-state index contributed by atoms with van der Waals surface area (Å²) in [6, 6.07) is 6.25. The molecule has 1 heterocycles. The van der Waals surface area contributed by atoms with E-state index < -0.39 is 11.5 Å². The Morgan fingerprint density at radius 1 is 1.45 bits per heavy atom. The van der Waals surface area contributed by atoms with Crippen LogP contribution >= 0.6 is 11.6 Å². The van der Waals surface area contributed by atoms with Crippen LogP contribution in [-0.2, 0) is 0 Å². The third-order valence-electron chi connectivity index (χ3n) is 2.62. The van der Waals surface area contributed by atoms with Gasteiger partial charge in [-0.15, -0.1) is 0 Å². The lowest BCUT2D eigenvalue weighted by atomic mass is 10.1. The molecule has 7 nitrogen and oxygen atoms in total. The van der Waals surface area contributed by atoms with Gasteiger partial charge in [-0.2, -0.15) is 5.10 Å². The highest BCUT2D eigenvalue weighted by Crippen LogP contribution is 2.30. The summed E-state index contributed by atoms with van der Waals surface area (Å²) in [4.78, 5) is 23.0. The number of ether oxygens (including phenoxy) is 1. The van der Waals surface area contributed by atoms with Crippen molar-refractivity contribution in [2.24, 2.45) is 5.84 Å². The van der Waals surface area contributed by atoms with Gasteiger partial charge in [0.1, 0.15) is 11.3 Å². The number of aromatic nitrogens is 2. The van der Waals surface area contributed by atoms with Crippen LogP contribution in [0.4, 0.5) is 0 Å². The molecule has 1 amide bonds. The van der Waals surface area contributed by atoms with E-state index in [2.05, 4.69) is 10.2 Å². The number of carbonyl (C=O) groups is 1. The van der Waals surface area contributed by atoms with Crippen LogP contribution in [-0.4, -0.2) is 23.2 Å². The first-order chi connectivity index (χ1) is 9.56. The van der Waals surface area contributed by atoms with Crippen molar-refractivity contribution in [2.75, 3.05) is 7.11 Å². The molecule has 0 bridgehead atoms. The van der Waals surface area contributed by atoms with Crippen molar-refractivity contribution in [3.63, 3.8) is 0 Å². The van der Waals surface area contributed by atoms with Crippen molar-refractivity contribution in [1.82, 2.24) is 15.6 Å². The van der Waals surface area contributed by atoms with Crippen LogP contribution in [0.5, 0.6) is 5.75 Å². The predicted octanol–water partition coefficient (Wildman–Crippen LogP) is 0.702. The summed E-state index contributed by atoms with van der Waals surface area (Å²) in [5, 5.41) is 6.58. The fourth-order valence-electron chi connectivity index (χ4n) is 1.67. The summed E-state index contributed by atoms with van der Waals surface area (Å²) in [6.07, 6.45) is 0. The van der Waals surface area contributed by atoms with Crippen LogP contribution in [0.15, 0.2) is 29.1 Å². The van der Waals surface area contributed by atoms with E-state index in [9.17, 15) is 9.59 Å². The van der Waals surface area contributed by atoms with E-state index in [1.54, 1.807) is 18.2 Å². The van der Waals surface area contributed by atoms with Crippen LogP contribution < -0.4 is 21.6 Å².